The summed E-state index contributed by atoms with van der Waals surface area (Å²) in [4.78, 5) is 22.4. The number of hydrogen-bond acceptors (Lipinski definition) is 2. The molecule has 1 amide bonds. The molecule has 3 heteroatoms. The fourth-order valence-electron chi connectivity index (χ4n) is 0.986. The molecule has 0 unspecified atom stereocenters. The first-order valence-corrected chi connectivity index (χ1v) is 2.96. The minimum Gasteiger partial charge on any atom is -0.336 e. The van der Waals surface area contributed by atoms with Crippen molar-refractivity contribution in [1.29, 1.82) is 0 Å². The number of nitrogens with zero attached hydrogens (tertiary/aromatic N) is 1. The first-order valence-electron chi connectivity index (χ1n) is 2.96. The van der Waals surface area contributed by atoms with Crippen LogP contribution in [0.2, 0.25) is 0 Å². The summed E-state index contributed by atoms with van der Waals surface area (Å²) in [5.41, 5.74) is 0. The maximum absolute atomic E-state index is 10.7. The predicted molar refractivity (Wildman–Crippen MR) is 31.9 cm³/mol. The lowest BCUT2D eigenvalue weighted by molar-refractivity contribution is -0.129. The number of rotatable bonds is 1. The van der Waals surface area contributed by atoms with E-state index in [-0.39, 0.29) is 11.9 Å². The van der Waals surface area contributed by atoms with Crippen molar-refractivity contribution in [1.82, 2.24) is 4.90 Å². The second kappa shape index (κ2) is 2.17. The van der Waals surface area contributed by atoms with Crippen LogP contribution in [0, 0.1) is 0 Å². The summed E-state index contributed by atoms with van der Waals surface area (Å²) >= 11 is 0. The Kier molecular flexibility index (Phi) is 1.51. The SMILES string of the molecule is CN1C(=O)CC[C@@H]1C=O. The van der Waals surface area contributed by atoms with Crippen molar-refractivity contribution in [3.63, 3.8) is 0 Å². The van der Waals surface area contributed by atoms with E-state index in [0.717, 1.165) is 6.29 Å². The Morgan fingerprint density at radius 2 is 2.44 bits per heavy atom. The van der Waals surface area contributed by atoms with Gasteiger partial charge in [0.25, 0.3) is 0 Å². The van der Waals surface area contributed by atoms with E-state index < -0.39 is 0 Å². The van der Waals surface area contributed by atoms with E-state index in [1.54, 1.807) is 7.05 Å². The molecule has 1 aliphatic rings. The molecule has 0 bridgehead atoms. The molecule has 0 N–H and O–H groups in total. The monoisotopic (exact) mass is 127 g/mol. The fraction of sp³-hybridized carbons (Fsp3) is 0.667. The van der Waals surface area contributed by atoms with Crippen molar-refractivity contribution < 1.29 is 9.59 Å². The Morgan fingerprint density at radius 3 is 2.67 bits per heavy atom. The van der Waals surface area contributed by atoms with Crippen molar-refractivity contribution in [2.24, 2.45) is 0 Å². The predicted octanol–water partition coefficient (Wildman–Crippen LogP) is -0.194. The quantitative estimate of drug-likeness (QED) is 0.458. The fourth-order valence-corrected chi connectivity index (χ4v) is 0.986. The highest BCUT2D eigenvalue weighted by Gasteiger charge is 2.26. The van der Waals surface area contributed by atoms with Crippen molar-refractivity contribution in [3.8, 4) is 0 Å². The average molecular weight is 127 g/mol. The lowest BCUT2D eigenvalue weighted by Crippen LogP contribution is -2.29. The highest BCUT2D eigenvalue weighted by molar-refractivity contribution is 5.83. The van der Waals surface area contributed by atoms with Crippen LogP contribution in [0.3, 0.4) is 0 Å². The molecular weight excluding hydrogens is 118 g/mol. The Morgan fingerprint density at radius 1 is 1.78 bits per heavy atom. The molecule has 0 spiro atoms. The smallest absolute Gasteiger partial charge is 0.223 e. The summed E-state index contributed by atoms with van der Waals surface area (Å²) in [5, 5.41) is 0. The largest absolute Gasteiger partial charge is 0.336 e. The van der Waals surface area contributed by atoms with E-state index in [2.05, 4.69) is 0 Å². The molecule has 1 heterocycles. The third-order valence-corrected chi connectivity index (χ3v) is 1.70. The topological polar surface area (TPSA) is 37.4 Å². The van der Waals surface area contributed by atoms with Gasteiger partial charge in [-0.2, -0.15) is 0 Å². The van der Waals surface area contributed by atoms with Gasteiger partial charge in [-0.25, -0.2) is 0 Å². The third-order valence-electron chi connectivity index (χ3n) is 1.70. The summed E-state index contributed by atoms with van der Waals surface area (Å²) in [6.07, 6.45) is 2.05. The van der Waals surface area contributed by atoms with Crippen molar-refractivity contribution in [3.05, 3.63) is 0 Å². The molecule has 0 aromatic heterocycles. The molecule has 50 valence electrons. The van der Waals surface area contributed by atoms with Crippen LogP contribution in [0.4, 0.5) is 0 Å². The zero-order valence-electron chi connectivity index (χ0n) is 5.33. The van der Waals surface area contributed by atoms with E-state index in [1.165, 1.54) is 4.90 Å². The third kappa shape index (κ3) is 0.943. The number of likely N-dealkylation sites (tertiary alicyclic amines) is 1. The summed E-state index contributed by atoms with van der Waals surface area (Å²) in [7, 11) is 1.66. The van der Waals surface area contributed by atoms with E-state index in [9.17, 15) is 9.59 Å². The Balaban J connectivity index is 2.61. The Hall–Kier alpha value is -0.860. The standard InChI is InChI=1S/C6H9NO2/c1-7-5(4-8)2-3-6(7)9/h4-5H,2-3H2,1H3/t5-/m1/s1. The molecule has 0 aromatic rings. The molecule has 0 aliphatic carbocycles. The second-order valence-corrected chi connectivity index (χ2v) is 2.25. The van der Waals surface area contributed by atoms with Gasteiger partial charge in [-0.3, -0.25) is 4.79 Å². The molecule has 1 saturated heterocycles. The van der Waals surface area contributed by atoms with Crippen LogP contribution in [0.15, 0.2) is 0 Å². The van der Waals surface area contributed by atoms with Gasteiger partial charge in [0.2, 0.25) is 5.91 Å². The van der Waals surface area contributed by atoms with Crippen LogP contribution in [0.5, 0.6) is 0 Å². The van der Waals surface area contributed by atoms with E-state index in [4.69, 9.17) is 0 Å². The number of hydrogen-bond donors (Lipinski definition) is 0. The number of aldehydes is 1. The van der Waals surface area contributed by atoms with Crippen LogP contribution < -0.4 is 0 Å². The van der Waals surface area contributed by atoms with Gasteiger partial charge in [0.1, 0.15) is 6.29 Å². The van der Waals surface area contributed by atoms with Gasteiger partial charge >= 0.3 is 0 Å². The second-order valence-electron chi connectivity index (χ2n) is 2.25. The number of amides is 1. The van der Waals surface area contributed by atoms with Gasteiger partial charge in [-0.1, -0.05) is 0 Å². The van der Waals surface area contributed by atoms with E-state index in [1.807, 2.05) is 0 Å². The minimum absolute atomic E-state index is 0.0760. The molecule has 1 rings (SSSR count). The minimum atomic E-state index is -0.155. The van der Waals surface area contributed by atoms with Gasteiger partial charge in [0, 0.05) is 13.5 Å². The van der Waals surface area contributed by atoms with Crippen LogP contribution in [-0.4, -0.2) is 30.2 Å². The molecular formula is C6H9NO2. The molecule has 9 heavy (non-hydrogen) atoms. The van der Waals surface area contributed by atoms with Gasteiger partial charge in [-0.15, -0.1) is 0 Å². The van der Waals surface area contributed by atoms with Crippen molar-refractivity contribution in [2.45, 2.75) is 18.9 Å². The highest BCUT2D eigenvalue weighted by Crippen LogP contribution is 2.13. The molecule has 3 nitrogen and oxygen atoms in total. The Labute approximate surface area is 53.6 Å². The molecule has 1 fully saturated rings. The summed E-state index contributed by atoms with van der Waals surface area (Å²) in [6.45, 7) is 0. The average Bonchev–Trinajstić information content (AvgIpc) is 2.15. The lowest BCUT2D eigenvalue weighted by atomic mass is 10.2. The van der Waals surface area contributed by atoms with E-state index >= 15 is 0 Å². The maximum Gasteiger partial charge on any atom is 0.223 e. The van der Waals surface area contributed by atoms with Gasteiger partial charge in [0.05, 0.1) is 6.04 Å². The molecule has 0 radical (unpaired) electrons. The first kappa shape index (κ1) is 6.26. The van der Waals surface area contributed by atoms with Crippen LogP contribution in [-0.2, 0) is 9.59 Å². The van der Waals surface area contributed by atoms with Crippen molar-refractivity contribution in [2.75, 3.05) is 7.05 Å². The molecule has 0 aromatic carbocycles. The Bertz CT molecular complexity index is 144. The lowest BCUT2D eigenvalue weighted by Gasteiger charge is -2.12. The number of carbonyl (C=O) groups is 2. The normalized spacial score (nSPS) is 27.0. The highest BCUT2D eigenvalue weighted by atomic mass is 16.2. The van der Waals surface area contributed by atoms with Crippen LogP contribution in [0.25, 0.3) is 0 Å². The van der Waals surface area contributed by atoms with Crippen LogP contribution >= 0.6 is 0 Å². The van der Waals surface area contributed by atoms with Crippen LogP contribution in [0.1, 0.15) is 12.8 Å². The summed E-state index contributed by atoms with van der Waals surface area (Å²) < 4.78 is 0. The van der Waals surface area contributed by atoms with Gasteiger partial charge in [-0.05, 0) is 6.42 Å². The number of likely N-dealkylation sites (N-methyl/N-ethyl adjacent to an activating group) is 1. The molecule has 1 aliphatic heterocycles. The summed E-state index contributed by atoms with van der Waals surface area (Å²) in [6, 6.07) is -0.155. The number of carbonyl (C=O) groups excluding carboxylic acids is 2. The van der Waals surface area contributed by atoms with Gasteiger partial charge in [0.15, 0.2) is 0 Å². The maximum atomic E-state index is 10.7. The van der Waals surface area contributed by atoms with Crippen molar-refractivity contribution >= 4 is 12.2 Å². The summed E-state index contributed by atoms with van der Waals surface area (Å²) in [5.74, 6) is 0.0760. The first-order chi connectivity index (χ1) is 4.25. The van der Waals surface area contributed by atoms with Gasteiger partial charge < -0.3 is 9.69 Å². The molecule has 0 saturated carbocycles. The zero-order valence-corrected chi connectivity index (χ0v) is 5.33. The zero-order chi connectivity index (χ0) is 6.85. The van der Waals surface area contributed by atoms with E-state index in [0.29, 0.717) is 12.8 Å². The molecule has 1 atom stereocenters.